The minimum absolute atomic E-state index is 0.0475. The fourth-order valence-corrected chi connectivity index (χ4v) is 1.97. The number of hydrogen-bond donors (Lipinski definition) is 1. The van der Waals surface area contributed by atoms with Crippen molar-refractivity contribution < 1.29 is 22.8 Å². The predicted octanol–water partition coefficient (Wildman–Crippen LogP) is 4.64. The highest BCUT2D eigenvalue weighted by atomic mass is 35.5. The summed E-state index contributed by atoms with van der Waals surface area (Å²) in [5.74, 6) is 0.185. The van der Waals surface area contributed by atoms with Crippen LogP contribution in [0.3, 0.4) is 0 Å². The summed E-state index contributed by atoms with van der Waals surface area (Å²) in [4.78, 5) is 9.97. The van der Waals surface area contributed by atoms with E-state index >= 15 is 0 Å². The minimum Gasteiger partial charge on any atom is -0.457 e. The van der Waals surface area contributed by atoms with Crippen LogP contribution in [-0.2, 0) is 6.18 Å². The normalized spacial score (nSPS) is 11.3. The standard InChI is InChI=1S/C13H8ClF3N2O3/c14-10-5-7(1-3-9(10)13(15,16)17)22-8-2-4-12(19(20)21)11(18)6-8/h1-6H,18H2. The minimum atomic E-state index is -4.56. The zero-order valence-corrected chi connectivity index (χ0v) is 11.5. The van der Waals surface area contributed by atoms with E-state index in [0.717, 1.165) is 24.3 Å². The number of nitrogens with zero attached hydrogens (tertiary/aromatic N) is 1. The van der Waals surface area contributed by atoms with Crippen molar-refractivity contribution in [3.63, 3.8) is 0 Å². The lowest BCUT2D eigenvalue weighted by Gasteiger charge is -2.11. The molecule has 0 aromatic heterocycles. The molecular formula is C13H8ClF3N2O3. The summed E-state index contributed by atoms with van der Waals surface area (Å²) >= 11 is 5.56. The molecule has 0 aliphatic rings. The van der Waals surface area contributed by atoms with Gasteiger partial charge in [0.1, 0.15) is 17.2 Å². The summed E-state index contributed by atoms with van der Waals surface area (Å²) in [7, 11) is 0. The van der Waals surface area contributed by atoms with Crippen molar-refractivity contribution in [3.05, 3.63) is 57.1 Å². The van der Waals surface area contributed by atoms with Gasteiger partial charge in [0.15, 0.2) is 0 Å². The van der Waals surface area contributed by atoms with Crippen molar-refractivity contribution in [3.8, 4) is 11.5 Å². The van der Waals surface area contributed by atoms with Gasteiger partial charge in [0.05, 0.1) is 15.5 Å². The third-order valence-corrected chi connectivity index (χ3v) is 2.99. The van der Waals surface area contributed by atoms with Crippen LogP contribution >= 0.6 is 11.6 Å². The molecule has 0 aliphatic heterocycles. The molecule has 2 rings (SSSR count). The van der Waals surface area contributed by atoms with E-state index < -0.39 is 21.7 Å². The maximum Gasteiger partial charge on any atom is 0.417 e. The summed E-state index contributed by atoms with van der Waals surface area (Å²) < 4.78 is 43.0. The molecule has 5 nitrogen and oxygen atoms in total. The van der Waals surface area contributed by atoms with Crippen LogP contribution < -0.4 is 10.5 Å². The number of ether oxygens (including phenoxy) is 1. The van der Waals surface area contributed by atoms with Gasteiger partial charge in [-0.05, 0) is 18.2 Å². The Morgan fingerprint density at radius 3 is 2.23 bits per heavy atom. The molecule has 0 atom stereocenters. The Balaban J connectivity index is 2.27. The second-order valence-electron chi connectivity index (χ2n) is 4.22. The smallest absolute Gasteiger partial charge is 0.417 e. The summed E-state index contributed by atoms with van der Waals surface area (Å²) in [6.45, 7) is 0. The van der Waals surface area contributed by atoms with Crippen LogP contribution in [0.4, 0.5) is 24.5 Å². The van der Waals surface area contributed by atoms with Gasteiger partial charge in [0.2, 0.25) is 0 Å². The Morgan fingerprint density at radius 1 is 1.14 bits per heavy atom. The molecule has 0 heterocycles. The third kappa shape index (κ3) is 3.40. The topological polar surface area (TPSA) is 78.4 Å². The van der Waals surface area contributed by atoms with Crippen LogP contribution in [0.15, 0.2) is 36.4 Å². The number of hydrogen-bond acceptors (Lipinski definition) is 4. The summed E-state index contributed by atoms with van der Waals surface area (Å²) in [6.07, 6.45) is -4.56. The monoisotopic (exact) mass is 332 g/mol. The summed E-state index contributed by atoms with van der Waals surface area (Å²) in [5, 5.41) is 10.1. The molecule has 0 unspecified atom stereocenters. The Hall–Kier alpha value is -2.48. The van der Waals surface area contributed by atoms with E-state index in [1.807, 2.05) is 0 Å². The number of halogens is 4. The Morgan fingerprint density at radius 2 is 1.73 bits per heavy atom. The van der Waals surface area contributed by atoms with Gasteiger partial charge in [-0.2, -0.15) is 13.2 Å². The van der Waals surface area contributed by atoms with Crippen LogP contribution in [0.25, 0.3) is 0 Å². The number of anilines is 1. The molecule has 0 saturated heterocycles. The molecule has 0 spiro atoms. The lowest BCUT2D eigenvalue weighted by atomic mass is 10.2. The summed E-state index contributed by atoms with van der Waals surface area (Å²) in [5.41, 5.74) is 4.09. The van der Waals surface area contributed by atoms with E-state index in [2.05, 4.69) is 0 Å². The van der Waals surface area contributed by atoms with Gasteiger partial charge in [-0.15, -0.1) is 0 Å². The van der Waals surface area contributed by atoms with Crippen molar-refractivity contribution in [2.75, 3.05) is 5.73 Å². The highest BCUT2D eigenvalue weighted by molar-refractivity contribution is 6.31. The molecule has 116 valence electrons. The van der Waals surface area contributed by atoms with Gasteiger partial charge in [0, 0.05) is 18.2 Å². The third-order valence-electron chi connectivity index (χ3n) is 2.68. The number of alkyl halides is 3. The van der Waals surface area contributed by atoms with Crippen LogP contribution in [0.1, 0.15) is 5.56 Å². The Bertz CT molecular complexity index is 735. The fraction of sp³-hybridized carbons (Fsp3) is 0.0769. The van der Waals surface area contributed by atoms with Gasteiger partial charge < -0.3 is 10.5 Å². The van der Waals surface area contributed by atoms with Gasteiger partial charge >= 0.3 is 6.18 Å². The molecular weight excluding hydrogens is 325 g/mol. The maximum atomic E-state index is 12.6. The average molecular weight is 333 g/mol. The number of nitrogens with two attached hydrogens (primary N) is 1. The second kappa shape index (κ2) is 5.72. The highest BCUT2D eigenvalue weighted by Gasteiger charge is 2.33. The number of nitro benzene ring substituents is 1. The van der Waals surface area contributed by atoms with Crippen molar-refractivity contribution in [2.45, 2.75) is 6.18 Å². The first-order chi connectivity index (χ1) is 10.2. The molecule has 0 amide bonds. The lowest BCUT2D eigenvalue weighted by molar-refractivity contribution is -0.383. The van der Waals surface area contributed by atoms with Gasteiger partial charge in [-0.25, -0.2) is 0 Å². The largest absolute Gasteiger partial charge is 0.457 e. The van der Waals surface area contributed by atoms with Gasteiger partial charge in [-0.3, -0.25) is 10.1 Å². The summed E-state index contributed by atoms with van der Waals surface area (Å²) in [6, 6.07) is 6.49. The van der Waals surface area contributed by atoms with Gasteiger partial charge in [-0.1, -0.05) is 11.6 Å². The first-order valence-corrected chi connectivity index (χ1v) is 6.15. The predicted molar refractivity (Wildman–Crippen MR) is 74.0 cm³/mol. The average Bonchev–Trinajstić information content (AvgIpc) is 2.36. The van der Waals surface area contributed by atoms with Crippen molar-refractivity contribution in [1.29, 1.82) is 0 Å². The van der Waals surface area contributed by atoms with Crippen LogP contribution in [0.5, 0.6) is 11.5 Å². The molecule has 0 aliphatic carbocycles. The van der Waals surface area contributed by atoms with Crippen LogP contribution in [0, 0.1) is 10.1 Å². The van der Waals surface area contributed by atoms with E-state index in [1.165, 1.54) is 12.1 Å². The van der Waals surface area contributed by atoms with E-state index in [0.29, 0.717) is 0 Å². The molecule has 2 N–H and O–H groups in total. The quantitative estimate of drug-likeness (QED) is 0.504. The Labute approximate surface area is 127 Å². The van der Waals surface area contributed by atoms with Crippen molar-refractivity contribution in [2.24, 2.45) is 0 Å². The number of nitro groups is 1. The zero-order chi connectivity index (χ0) is 16.5. The maximum absolute atomic E-state index is 12.6. The number of nitrogen functional groups attached to an aromatic ring is 1. The highest BCUT2D eigenvalue weighted by Crippen LogP contribution is 2.37. The number of rotatable bonds is 3. The van der Waals surface area contributed by atoms with Crippen LogP contribution in [0.2, 0.25) is 5.02 Å². The zero-order valence-electron chi connectivity index (χ0n) is 10.7. The number of benzene rings is 2. The van der Waals surface area contributed by atoms with E-state index in [-0.39, 0.29) is 22.9 Å². The van der Waals surface area contributed by atoms with Gasteiger partial charge in [0.25, 0.3) is 5.69 Å². The first-order valence-electron chi connectivity index (χ1n) is 5.77. The Kier molecular flexibility index (Phi) is 4.14. The molecule has 0 bridgehead atoms. The molecule has 0 fully saturated rings. The van der Waals surface area contributed by atoms with E-state index in [9.17, 15) is 23.3 Å². The first kappa shape index (κ1) is 15.9. The molecule has 0 saturated carbocycles. The fourth-order valence-electron chi connectivity index (χ4n) is 1.69. The molecule has 9 heteroatoms. The van der Waals surface area contributed by atoms with Crippen molar-refractivity contribution in [1.82, 2.24) is 0 Å². The molecule has 2 aromatic carbocycles. The van der Waals surface area contributed by atoms with Crippen LogP contribution in [-0.4, -0.2) is 4.92 Å². The molecule has 22 heavy (non-hydrogen) atoms. The molecule has 0 radical (unpaired) electrons. The van der Waals surface area contributed by atoms with E-state index in [1.54, 1.807) is 0 Å². The SMILES string of the molecule is Nc1cc(Oc2ccc(C(F)(F)F)c(Cl)c2)ccc1[N+](=O)[O-]. The van der Waals surface area contributed by atoms with E-state index in [4.69, 9.17) is 22.1 Å². The lowest BCUT2D eigenvalue weighted by Crippen LogP contribution is -2.05. The second-order valence-corrected chi connectivity index (χ2v) is 4.63. The van der Waals surface area contributed by atoms with Crippen molar-refractivity contribution >= 4 is 23.0 Å². The molecule has 2 aromatic rings.